The third kappa shape index (κ3) is 2.62. The number of aryl methyl sites for hydroxylation is 1. The lowest BCUT2D eigenvalue weighted by Crippen LogP contribution is -2.19. The van der Waals surface area contributed by atoms with Gasteiger partial charge in [-0.1, -0.05) is 13.0 Å². The standard InChI is InChI=1S/C19H18N2O3S/c1-3-13-10-14-18(25-13)20-17-12(6-7-21(17)19(14)23)8-11-4-5-15(22)16(9-11)24-2/h4-5,8-10,22H,3,6-7H2,1-2H3/b12-8+. The molecule has 2 aromatic heterocycles. The maximum absolute atomic E-state index is 12.7. The average Bonchev–Trinajstić information content (AvgIpc) is 3.21. The van der Waals surface area contributed by atoms with E-state index in [0.29, 0.717) is 12.3 Å². The topological polar surface area (TPSA) is 64.4 Å². The zero-order valence-electron chi connectivity index (χ0n) is 14.1. The molecule has 128 valence electrons. The molecule has 0 aliphatic carbocycles. The Bertz CT molecular complexity index is 1060. The quantitative estimate of drug-likeness (QED) is 0.779. The van der Waals surface area contributed by atoms with Gasteiger partial charge in [0.15, 0.2) is 11.5 Å². The Morgan fingerprint density at radius 1 is 1.40 bits per heavy atom. The molecule has 5 nitrogen and oxygen atoms in total. The number of phenols is 1. The van der Waals surface area contributed by atoms with Crippen LogP contribution >= 0.6 is 11.3 Å². The molecule has 3 aromatic rings. The predicted octanol–water partition coefficient (Wildman–Crippen LogP) is 3.68. The fraction of sp³-hybridized carbons (Fsp3) is 0.263. The maximum atomic E-state index is 12.7. The number of ether oxygens (including phenoxy) is 1. The molecule has 0 saturated heterocycles. The van der Waals surface area contributed by atoms with Gasteiger partial charge in [-0.25, -0.2) is 4.98 Å². The van der Waals surface area contributed by atoms with Crippen molar-refractivity contribution in [2.45, 2.75) is 26.3 Å². The SMILES string of the molecule is CCc1cc2c(=O)n3c(nc2s1)/C(=C/c1ccc(O)c(OC)c1)CC3. The highest BCUT2D eigenvalue weighted by Crippen LogP contribution is 2.32. The first kappa shape index (κ1) is 15.9. The molecule has 1 aromatic carbocycles. The Hall–Kier alpha value is -2.60. The number of aromatic nitrogens is 2. The summed E-state index contributed by atoms with van der Waals surface area (Å²) >= 11 is 1.59. The average molecular weight is 354 g/mol. The van der Waals surface area contributed by atoms with E-state index in [1.807, 2.05) is 18.2 Å². The Morgan fingerprint density at radius 3 is 3.00 bits per heavy atom. The summed E-state index contributed by atoms with van der Waals surface area (Å²) in [5.41, 5.74) is 1.98. The zero-order chi connectivity index (χ0) is 17.6. The smallest absolute Gasteiger partial charge is 0.262 e. The van der Waals surface area contributed by atoms with Gasteiger partial charge in [-0.2, -0.15) is 0 Å². The van der Waals surface area contributed by atoms with Crippen molar-refractivity contribution in [1.29, 1.82) is 0 Å². The van der Waals surface area contributed by atoms with E-state index >= 15 is 0 Å². The van der Waals surface area contributed by atoms with Crippen LogP contribution in [0.1, 0.15) is 29.6 Å². The van der Waals surface area contributed by atoms with Crippen molar-refractivity contribution in [1.82, 2.24) is 9.55 Å². The Labute approximate surface area is 148 Å². The van der Waals surface area contributed by atoms with Crippen LogP contribution < -0.4 is 10.3 Å². The van der Waals surface area contributed by atoms with Crippen LogP contribution in [0.5, 0.6) is 11.5 Å². The summed E-state index contributed by atoms with van der Waals surface area (Å²) in [6.45, 7) is 2.73. The van der Waals surface area contributed by atoms with Crippen molar-refractivity contribution < 1.29 is 9.84 Å². The van der Waals surface area contributed by atoms with E-state index in [1.54, 1.807) is 28.0 Å². The minimum absolute atomic E-state index is 0.0441. The maximum Gasteiger partial charge on any atom is 0.262 e. The lowest BCUT2D eigenvalue weighted by Gasteiger charge is -2.05. The first-order valence-electron chi connectivity index (χ1n) is 8.22. The third-order valence-corrected chi connectivity index (χ3v) is 5.66. The van der Waals surface area contributed by atoms with Crippen molar-refractivity contribution in [2.75, 3.05) is 7.11 Å². The highest BCUT2D eigenvalue weighted by molar-refractivity contribution is 7.18. The molecule has 6 heteroatoms. The van der Waals surface area contributed by atoms with Gasteiger partial charge in [-0.05, 0) is 48.3 Å². The van der Waals surface area contributed by atoms with Gasteiger partial charge in [0.05, 0.1) is 12.5 Å². The molecule has 3 heterocycles. The van der Waals surface area contributed by atoms with Crippen LogP contribution in [0.15, 0.2) is 29.1 Å². The lowest BCUT2D eigenvalue weighted by atomic mass is 10.1. The molecule has 0 unspecified atom stereocenters. The normalized spacial score (nSPS) is 15.0. The molecule has 0 bridgehead atoms. The van der Waals surface area contributed by atoms with Crippen molar-refractivity contribution in [2.24, 2.45) is 0 Å². The summed E-state index contributed by atoms with van der Waals surface area (Å²) in [4.78, 5) is 19.5. The number of hydrogen-bond acceptors (Lipinski definition) is 5. The number of rotatable bonds is 3. The monoisotopic (exact) mass is 354 g/mol. The van der Waals surface area contributed by atoms with E-state index in [2.05, 4.69) is 6.92 Å². The molecule has 1 aliphatic rings. The molecule has 0 fully saturated rings. The molecule has 25 heavy (non-hydrogen) atoms. The van der Waals surface area contributed by atoms with Gasteiger partial charge in [0, 0.05) is 11.4 Å². The zero-order valence-corrected chi connectivity index (χ0v) is 14.9. The molecular weight excluding hydrogens is 336 g/mol. The van der Waals surface area contributed by atoms with Crippen LogP contribution in [0.2, 0.25) is 0 Å². The van der Waals surface area contributed by atoms with Crippen LogP contribution in [0, 0.1) is 0 Å². The summed E-state index contributed by atoms with van der Waals surface area (Å²) < 4.78 is 6.92. The molecular formula is C19H18N2O3S. The second kappa shape index (κ2) is 6.04. The van der Waals surface area contributed by atoms with Crippen LogP contribution in [0.3, 0.4) is 0 Å². The number of aromatic hydroxyl groups is 1. The number of methoxy groups -OCH3 is 1. The number of fused-ring (bicyclic) bond motifs is 2. The van der Waals surface area contributed by atoms with Gasteiger partial charge in [0.25, 0.3) is 5.56 Å². The van der Waals surface area contributed by atoms with E-state index < -0.39 is 0 Å². The molecule has 0 atom stereocenters. The first-order chi connectivity index (χ1) is 12.1. The Morgan fingerprint density at radius 2 is 2.24 bits per heavy atom. The van der Waals surface area contributed by atoms with Crippen LogP contribution in [-0.2, 0) is 13.0 Å². The van der Waals surface area contributed by atoms with E-state index in [4.69, 9.17) is 9.72 Å². The molecule has 1 aliphatic heterocycles. The summed E-state index contributed by atoms with van der Waals surface area (Å²) in [5, 5.41) is 10.5. The third-order valence-electron chi connectivity index (χ3n) is 4.49. The number of phenolic OH excluding ortho intramolecular Hbond substituents is 1. The van der Waals surface area contributed by atoms with Gasteiger partial charge in [0.2, 0.25) is 0 Å². The van der Waals surface area contributed by atoms with E-state index in [9.17, 15) is 9.90 Å². The van der Waals surface area contributed by atoms with E-state index in [1.165, 1.54) is 12.0 Å². The number of hydrogen-bond donors (Lipinski definition) is 1. The lowest BCUT2D eigenvalue weighted by molar-refractivity contribution is 0.373. The van der Waals surface area contributed by atoms with Crippen LogP contribution in [0.25, 0.3) is 21.9 Å². The van der Waals surface area contributed by atoms with Crippen molar-refractivity contribution in [3.05, 3.63) is 50.9 Å². The van der Waals surface area contributed by atoms with Crippen molar-refractivity contribution in [3.63, 3.8) is 0 Å². The number of allylic oxidation sites excluding steroid dienone is 1. The Kier molecular flexibility index (Phi) is 3.84. The first-order valence-corrected chi connectivity index (χ1v) is 9.03. The molecule has 4 rings (SSSR count). The van der Waals surface area contributed by atoms with Gasteiger partial charge in [-0.15, -0.1) is 11.3 Å². The highest BCUT2D eigenvalue weighted by atomic mass is 32.1. The van der Waals surface area contributed by atoms with Crippen molar-refractivity contribution >= 4 is 33.2 Å². The molecule has 0 radical (unpaired) electrons. The van der Waals surface area contributed by atoms with Gasteiger partial charge in [0.1, 0.15) is 10.7 Å². The van der Waals surface area contributed by atoms with E-state index in [-0.39, 0.29) is 11.3 Å². The summed E-state index contributed by atoms with van der Waals surface area (Å²) in [6, 6.07) is 7.18. The van der Waals surface area contributed by atoms with Gasteiger partial charge in [-0.3, -0.25) is 9.36 Å². The molecule has 0 spiro atoms. The summed E-state index contributed by atoms with van der Waals surface area (Å²) in [5.74, 6) is 1.28. The number of benzene rings is 1. The fourth-order valence-electron chi connectivity index (χ4n) is 3.16. The fourth-order valence-corrected chi connectivity index (χ4v) is 4.12. The minimum atomic E-state index is 0.0441. The van der Waals surface area contributed by atoms with Gasteiger partial charge < -0.3 is 9.84 Å². The molecule has 0 amide bonds. The molecule has 1 N–H and O–H groups in total. The second-order valence-electron chi connectivity index (χ2n) is 6.03. The van der Waals surface area contributed by atoms with E-state index in [0.717, 1.165) is 40.0 Å². The Balaban J connectivity index is 1.83. The molecule has 0 saturated carbocycles. The van der Waals surface area contributed by atoms with Crippen LogP contribution in [0.4, 0.5) is 0 Å². The highest BCUT2D eigenvalue weighted by Gasteiger charge is 2.22. The summed E-state index contributed by atoms with van der Waals surface area (Å²) in [6.07, 6.45) is 3.68. The van der Waals surface area contributed by atoms with Gasteiger partial charge >= 0.3 is 0 Å². The van der Waals surface area contributed by atoms with Crippen molar-refractivity contribution in [3.8, 4) is 11.5 Å². The largest absolute Gasteiger partial charge is 0.504 e. The minimum Gasteiger partial charge on any atom is -0.504 e. The summed E-state index contributed by atoms with van der Waals surface area (Å²) in [7, 11) is 1.52. The number of nitrogens with zero attached hydrogens (tertiary/aromatic N) is 2. The second-order valence-corrected chi connectivity index (χ2v) is 7.14. The predicted molar refractivity (Wildman–Crippen MR) is 100 cm³/mol. The number of thiophene rings is 1. The van der Waals surface area contributed by atoms with Crippen LogP contribution in [-0.4, -0.2) is 21.8 Å².